The van der Waals surface area contributed by atoms with Gasteiger partial charge in [-0.2, -0.15) is 8.78 Å². The first-order chi connectivity index (χ1) is 13.9. The van der Waals surface area contributed by atoms with Crippen LogP contribution in [-0.2, 0) is 20.2 Å². The molecule has 2 aliphatic heterocycles. The fourth-order valence-corrected chi connectivity index (χ4v) is 3.24. The van der Waals surface area contributed by atoms with Crippen LogP contribution in [0.15, 0.2) is 23.4 Å². The van der Waals surface area contributed by atoms with Crippen molar-refractivity contribution < 1.29 is 32.7 Å². The SMILES string of the molecule is CON=C1N(C)c2ccc(N3CC(CNC(=O)OC(C)(C)C)OC3=O)cc2C1(F)F. The quantitative estimate of drug-likeness (QED) is 0.744. The molecular formula is C19H24F2N4O5. The van der Waals surface area contributed by atoms with Crippen LogP contribution in [0.2, 0.25) is 0 Å². The summed E-state index contributed by atoms with van der Waals surface area (Å²) in [4.78, 5) is 31.0. The lowest BCUT2D eigenvalue weighted by Gasteiger charge is -2.20. The first kappa shape index (κ1) is 21.6. The zero-order valence-electron chi connectivity index (χ0n) is 17.4. The number of carbonyl (C=O) groups excluding carboxylic acids is 2. The minimum absolute atomic E-state index is 0.0334. The number of benzene rings is 1. The number of ether oxygens (including phenoxy) is 2. The summed E-state index contributed by atoms with van der Waals surface area (Å²) >= 11 is 0. The maximum atomic E-state index is 14.8. The number of amides is 2. The molecule has 3 rings (SSSR count). The predicted octanol–water partition coefficient (Wildman–Crippen LogP) is 3.04. The van der Waals surface area contributed by atoms with E-state index in [0.29, 0.717) is 0 Å². The van der Waals surface area contributed by atoms with E-state index in [0.717, 1.165) is 0 Å². The standard InChI is InChI=1S/C19H24F2N4O5/c1-18(2,3)30-16(26)22-9-12-10-25(17(27)29-12)11-6-7-14-13(8-11)19(20,21)15(23-28-5)24(14)4/h6-8,12H,9-10H2,1-5H3,(H,22,26). The number of hydrogen-bond donors (Lipinski definition) is 1. The van der Waals surface area contributed by atoms with E-state index in [4.69, 9.17) is 9.47 Å². The zero-order valence-corrected chi connectivity index (χ0v) is 17.4. The number of cyclic esters (lactones) is 1. The summed E-state index contributed by atoms with van der Waals surface area (Å²) in [5.74, 6) is -3.92. The van der Waals surface area contributed by atoms with E-state index in [9.17, 15) is 18.4 Å². The molecule has 9 nitrogen and oxygen atoms in total. The number of fused-ring (bicyclic) bond motifs is 1. The van der Waals surface area contributed by atoms with Crippen LogP contribution in [0.1, 0.15) is 26.3 Å². The van der Waals surface area contributed by atoms with Crippen LogP contribution in [0, 0.1) is 0 Å². The Bertz CT molecular complexity index is 884. The highest BCUT2D eigenvalue weighted by molar-refractivity contribution is 6.09. The molecule has 0 radical (unpaired) electrons. The van der Waals surface area contributed by atoms with Gasteiger partial charge in [-0.15, -0.1) is 0 Å². The minimum Gasteiger partial charge on any atom is -0.444 e. The number of rotatable bonds is 4. The number of anilines is 2. The fraction of sp³-hybridized carbons (Fsp3) is 0.526. The van der Waals surface area contributed by atoms with Gasteiger partial charge in [-0.05, 0) is 39.0 Å². The monoisotopic (exact) mass is 426 g/mol. The summed E-state index contributed by atoms with van der Waals surface area (Å²) in [7, 11) is 2.65. The van der Waals surface area contributed by atoms with Crippen molar-refractivity contribution in [2.75, 3.05) is 37.0 Å². The van der Waals surface area contributed by atoms with Crippen molar-refractivity contribution in [1.29, 1.82) is 0 Å². The molecule has 0 aliphatic carbocycles. The Hall–Kier alpha value is -3.11. The van der Waals surface area contributed by atoms with Crippen molar-refractivity contribution in [1.82, 2.24) is 5.32 Å². The molecular weight excluding hydrogens is 402 g/mol. The summed E-state index contributed by atoms with van der Waals surface area (Å²) in [5, 5.41) is 5.96. The van der Waals surface area contributed by atoms with Crippen molar-refractivity contribution in [3.8, 4) is 0 Å². The van der Waals surface area contributed by atoms with Gasteiger partial charge in [0.05, 0.1) is 24.3 Å². The maximum absolute atomic E-state index is 14.8. The summed E-state index contributed by atoms with van der Waals surface area (Å²) in [6.07, 6.45) is -1.97. The molecule has 0 spiro atoms. The van der Waals surface area contributed by atoms with Gasteiger partial charge >= 0.3 is 18.1 Å². The lowest BCUT2D eigenvalue weighted by molar-refractivity contribution is 0.0496. The van der Waals surface area contributed by atoms with E-state index >= 15 is 0 Å². The van der Waals surface area contributed by atoms with Gasteiger partial charge in [0.1, 0.15) is 18.8 Å². The average molecular weight is 426 g/mol. The van der Waals surface area contributed by atoms with Crippen LogP contribution < -0.4 is 15.1 Å². The van der Waals surface area contributed by atoms with Crippen LogP contribution in [0.4, 0.5) is 29.7 Å². The van der Waals surface area contributed by atoms with Crippen molar-refractivity contribution in [2.24, 2.45) is 5.16 Å². The normalized spacial score (nSPS) is 21.5. The molecule has 1 unspecified atom stereocenters. The van der Waals surface area contributed by atoms with Crippen molar-refractivity contribution in [2.45, 2.75) is 38.4 Å². The number of nitrogens with zero attached hydrogens (tertiary/aromatic N) is 3. The molecule has 30 heavy (non-hydrogen) atoms. The second kappa shape index (κ2) is 7.62. The first-order valence-corrected chi connectivity index (χ1v) is 9.26. The first-order valence-electron chi connectivity index (χ1n) is 9.26. The van der Waals surface area contributed by atoms with Gasteiger partial charge in [0.2, 0.25) is 5.84 Å². The van der Waals surface area contributed by atoms with E-state index in [1.807, 2.05) is 0 Å². The third kappa shape index (κ3) is 4.10. The number of amidine groups is 1. The largest absolute Gasteiger partial charge is 0.444 e. The van der Waals surface area contributed by atoms with Crippen molar-refractivity contribution in [3.05, 3.63) is 23.8 Å². The third-order valence-corrected chi connectivity index (χ3v) is 4.51. The van der Waals surface area contributed by atoms with Crippen LogP contribution in [0.25, 0.3) is 0 Å². The van der Waals surface area contributed by atoms with Gasteiger partial charge in [-0.3, -0.25) is 4.90 Å². The molecule has 0 bridgehead atoms. The lowest BCUT2D eigenvalue weighted by Crippen LogP contribution is -2.38. The second-order valence-corrected chi connectivity index (χ2v) is 7.93. The molecule has 1 N–H and O–H groups in total. The van der Waals surface area contributed by atoms with Crippen LogP contribution in [0.3, 0.4) is 0 Å². The molecule has 0 saturated carbocycles. The molecule has 1 atom stereocenters. The molecule has 1 fully saturated rings. The van der Waals surface area contributed by atoms with Gasteiger partial charge in [-0.1, -0.05) is 5.16 Å². The molecule has 1 aromatic carbocycles. The summed E-state index contributed by atoms with van der Waals surface area (Å²) in [5.41, 5.74) is -0.432. The number of hydrogen-bond acceptors (Lipinski definition) is 6. The number of alkyl carbamates (subject to hydrolysis) is 1. The number of carbonyl (C=O) groups is 2. The van der Waals surface area contributed by atoms with Gasteiger partial charge < -0.3 is 24.5 Å². The van der Waals surface area contributed by atoms with Gasteiger partial charge in [-0.25, -0.2) is 9.59 Å². The number of halogens is 2. The Morgan fingerprint density at radius 1 is 1.40 bits per heavy atom. The minimum atomic E-state index is -3.38. The van der Waals surface area contributed by atoms with Gasteiger partial charge in [0.25, 0.3) is 0 Å². The maximum Gasteiger partial charge on any atom is 0.414 e. The smallest absolute Gasteiger partial charge is 0.414 e. The summed E-state index contributed by atoms with van der Waals surface area (Å²) in [6, 6.07) is 4.26. The molecule has 2 heterocycles. The molecule has 2 amide bonds. The highest BCUT2D eigenvalue weighted by Gasteiger charge is 2.50. The highest BCUT2D eigenvalue weighted by Crippen LogP contribution is 2.46. The van der Waals surface area contributed by atoms with E-state index in [1.54, 1.807) is 26.8 Å². The van der Waals surface area contributed by atoms with E-state index < -0.39 is 35.6 Å². The Morgan fingerprint density at radius 3 is 2.73 bits per heavy atom. The van der Waals surface area contributed by atoms with Crippen LogP contribution >= 0.6 is 0 Å². The van der Waals surface area contributed by atoms with Gasteiger partial charge in [0.15, 0.2) is 0 Å². The van der Waals surface area contributed by atoms with E-state index in [-0.39, 0.29) is 30.0 Å². The third-order valence-electron chi connectivity index (χ3n) is 4.51. The Labute approximate surface area is 172 Å². The van der Waals surface area contributed by atoms with Crippen molar-refractivity contribution in [3.63, 3.8) is 0 Å². The Kier molecular flexibility index (Phi) is 5.48. The molecule has 11 heteroatoms. The molecule has 2 aliphatic rings. The Morgan fingerprint density at radius 2 is 2.10 bits per heavy atom. The number of nitrogens with one attached hydrogen (secondary N) is 1. The highest BCUT2D eigenvalue weighted by atomic mass is 19.3. The molecule has 164 valence electrons. The lowest BCUT2D eigenvalue weighted by atomic mass is 10.1. The zero-order chi connectivity index (χ0) is 22.3. The number of alkyl halides is 2. The van der Waals surface area contributed by atoms with E-state index in [1.165, 1.54) is 36.1 Å². The molecule has 1 aromatic rings. The van der Waals surface area contributed by atoms with Crippen molar-refractivity contribution >= 4 is 29.4 Å². The molecule has 0 aromatic heterocycles. The topological polar surface area (TPSA) is 92.7 Å². The second-order valence-electron chi connectivity index (χ2n) is 7.93. The number of likely N-dealkylation sites (N-methyl/N-ethyl adjacent to an activating group) is 1. The predicted molar refractivity (Wildman–Crippen MR) is 105 cm³/mol. The molecule has 1 saturated heterocycles. The Balaban J connectivity index is 1.73. The summed E-state index contributed by atoms with van der Waals surface area (Å²) < 4.78 is 39.9. The van der Waals surface area contributed by atoms with Crippen LogP contribution in [-0.4, -0.2) is 57.0 Å². The van der Waals surface area contributed by atoms with E-state index in [2.05, 4.69) is 15.3 Å². The fourth-order valence-electron chi connectivity index (χ4n) is 3.24. The summed E-state index contributed by atoms with van der Waals surface area (Å²) in [6.45, 7) is 5.31. The average Bonchev–Trinajstić information content (AvgIpc) is 3.10. The van der Waals surface area contributed by atoms with Gasteiger partial charge in [0, 0.05) is 12.7 Å². The number of oxime groups is 1. The van der Waals surface area contributed by atoms with Crippen LogP contribution in [0.5, 0.6) is 0 Å².